The number of carbonyl (C=O) groups is 1. The third-order valence-corrected chi connectivity index (χ3v) is 10.1. The lowest BCUT2D eigenvalue weighted by Gasteiger charge is -2.24. The average molecular weight is 557 g/mol. The van der Waals surface area contributed by atoms with Crippen LogP contribution >= 0.6 is 11.6 Å². The molecule has 192 valence electrons. The van der Waals surface area contributed by atoms with Crippen molar-refractivity contribution in [3.8, 4) is 11.5 Å². The van der Waals surface area contributed by atoms with Crippen molar-refractivity contribution in [1.82, 2.24) is 10.2 Å². The first-order chi connectivity index (χ1) is 16.6. The number of aromatic nitrogens is 2. The van der Waals surface area contributed by atoms with Crippen LogP contribution in [-0.2, 0) is 35.8 Å². The molecule has 0 saturated heterocycles. The van der Waals surface area contributed by atoms with E-state index >= 15 is 4.39 Å². The summed E-state index contributed by atoms with van der Waals surface area (Å²) in [6.45, 7) is 2.63. The van der Waals surface area contributed by atoms with Gasteiger partial charge in [0, 0.05) is 11.3 Å². The number of rotatable bonds is 5. The topological polar surface area (TPSA) is 154 Å². The third kappa shape index (κ3) is 4.63. The first-order valence-corrected chi connectivity index (χ1v) is 14.5. The first-order valence-electron chi connectivity index (χ1n) is 10.5. The molecule has 2 aromatic carbocycles. The van der Waals surface area contributed by atoms with Crippen LogP contribution in [0, 0.1) is 5.82 Å². The number of hydrogen-bond acceptors (Lipinski definition) is 9. The highest BCUT2D eigenvalue weighted by Gasteiger charge is 2.40. The molecule has 1 atom stereocenters. The van der Waals surface area contributed by atoms with Gasteiger partial charge >= 0.3 is 0 Å². The monoisotopic (exact) mass is 556 g/mol. The number of amides is 1. The molecule has 0 unspecified atom stereocenters. The van der Waals surface area contributed by atoms with Crippen LogP contribution in [0.1, 0.15) is 25.3 Å². The van der Waals surface area contributed by atoms with Gasteiger partial charge in [0.15, 0.2) is 19.7 Å². The molecule has 1 amide bonds. The molecule has 14 heteroatoms. The normalized spacial score (nSPS) is 18.1. The summed E-state index contributed by atoms with van der Waals surface area (Å²) in [4.78, 5) is 13.9. The van der Waals surface area contributed by atoms with E-state index in [0.29, 0.717) is 10.6 Å². The molecule has 2 heterocycles. The zero-order valence-electron chi connectivity index (χ0n) is 19.4. The van der Waals surface area contributed by atoms with E-state index in [4.69, 9.17) is 21.8 Å². The van der Waals surface area contributed by atoms with Crippen molar-refractivity contribution in [2.45, 2.75) is 36.1 Å². The maximum absolute atomic E-state index is 15.2. The van der Waals surface area contributed by atoms with Gasteiger partial charge in [-0.05, 0) is 43.7 Å². The summed E-state index contributed by atoms with van der Waals surface area (Å²) in [6, 6.07) is 7.02. The van der Waals surface area contributed by atoms with Crippen molar-refractivity contribution in [2.75, 3.05) is 16.9 Å². The van der Waals surface area contributed by atoms with E-state index in [9.17, 15) is 21.6 Å². The summed E-state index contributed by atoms with van der Waals surface area (Å²) in [5, 5.41) is 8.00. The molecule has 36 heavy (non-hydrogen) atoms. The average Bonchev–Trinajstić information content (AvgIpc) is 3.26. The number of sulfone groups is 2. The summed E-state index contributed by atoms with van der Waals surface area (Å²) in [5.74, 6) is -3.07. The van der Waals surface area contributed by atoms with E-state index in [-0.39, 0.29) is 29.6 Å². The van der Waals surface area contributed by atoms with Gasteiger partial charge in [-0.3, -0.25) is 4.79 Å². The number of nitrogens with zero attached hydrogens (tertiary/aromatic N) is 3. The Morgan fingerprint density at radius 2 is 1.86 bits per heavy atom. The van der Waals surface area contributed by atoms with Crippen LogP contribution in [0.25, 0.3) is 11.5 Å². The molecule has 0 aliphatic carbocycles. The van der Waals surface area contributed by atoms with Crippen molar-refractivity contribution in [3.05, 3.63) is 58.7 Å². The Hall–Kier alpha value is -2.87. The fourth-order valence-corrected chi connectivity index (χ4v) is 5.64. The maximum Gasteiger partial charge on any atom is 0.250 e. The summed E-state index contributed by atoms with van der Waals surface area (Å²) >= 11 is 5.94. The van der Waals surface area contributed by atoms with E-state index in [1.54, 1.807) is 24.3 Å². The Labute approximate surface area is 212 Å². The van der Waals surface area contributed by atoms with Gasteiger partial charge in [0.05, 0.1) is 34.5 Å². The largest absolute Gasteiger partial charge is 0.419 e. The van der Waals surface area contributed by atoms with Crippen molar-refractivity contribution in [1.29, 1.82) is 0 Å². The minimum absolute atomic E-state index is 0.0759. The summed E-state index contributed by atoms with van der Waals surface area (Å²) in [6.07, 6.45) is 0.994. The Morgan fingerprint density at radius 3 is 2.47 bits per heavy atom. The Bertz CT molecular complexity index is 1570. The zero-order chi connectivity index (χ0) is 26.6. The van der Waals surface area contributed by atoms with Crippen molar-refractivity contribution >= 4 is 42.9 Å². The fourth-order valence-electron chi connectivity index (χ4n) is 3.55. The van der Waals surface area contributed by atoms with E-state index < -0.39 is 52.8 Å². The van der Waals surface area contributed by atoms with Gasteiger partial charge in [-0.15, -0.1) is 10.2 Å². The van der Waals surface area contributed by atoms with Crippen LogP contribution in [0.4, 0.5) is 10.1 Å². The summed E-state index contributed by atoms with van der Waals surface area (Å²) < 4.78 is 69.4. The second kappa shape index (κ2) is 8.91. The lowest BCUT2D eigenvalue weighted by atomic mass is 10.1. The molecule has 1 aliphatic rings. The quantitative estimate of drug-likeness (QED) is 0.499. The van der Waals surface area contributed by atoms with Crippen molar-refractivity contribution < 1.29 is 30.4 Å². The SMILES string of the molecule is CC(C)(c1nnc(-c2cc3c(cc2F)S(=O)(=O)C[C@H](N)C(=O)N3Cc2ccc(Cl)cc2)o1)S(C)(=O)=O. The molecule has 0 fully saturated rings. The molecule has 1 aromatic heterocycles. The molecule has 0 radical (unpaired) electrons. The minimum Gasteiger partial charge on any atom is -0.419 e. The highest BCUT2D eigenvalue weighted by atomic mass is 35.5. The summed E-state index contributed by atoms with van der Waals surface area (Å²) in [7, 11) is -7.82. The van der Waals surface area contributed by atoms with Gasteiger partial charge in [0.1, 0.15) is 10.6 Å². The highest BCUT2D eigenvalue weighted by Crippen LogP contribution is 2.38. The predicted molar refractivity (Wildman–Crippen MR) is 130 cm³/mol. The van der Waals surface area contributed by atoms with E-state index in [1.165, 1.54) is 13.8 Å². The minimum atomic E-state index is -4.15. The lowest BCUT2D eigenvalue weighted by molar-refractivity contribution is -0.119. The molecular weight excluding hydrogens is 535 g/mol. The maximum atomic E-state index is 15.2. The molecule has 0 spiro atoms. The number of benzene rings is 2. The fraction of sp³-hybridized carbons (Fsp3) is 0.318. The van der Waals surface area contributed by atoms with Crippen molar-refractivity contribution in [3.63, 3.8) is 0 Å². The van der Waals surface area contributed by atoms with Gasteiger partial charge in [-0.25, -0.2) is 21.2 Å². The molecular formula is C22H22ClFN4O6S2. The Morgan fingerprint density at radius 1 is 1.22 bits per heavy atom. The molecule has 0 bridgehead atoms. The molecule has 10 nitrogen and oxygen atoms in total. The molecule has 3 aromatic rings. The number of fused-ring (bicyclic) bond motifs is 1. The van der Waals surface area contributed by atoms with Crippen LogP contribution in [0.3, 0.4) is 0 Å². The van der Waals surface area contributed by atoms with Crippen LogP contribution < -0.4 is 10.6 Å². The van der Waals surface area contributed by atoms with Crippen LogP contribution in [0.5, 0.6) is 0 Å². The molecule has 0 saturated carbocycles. The Kier molecular flexibility index (Phi) is 6.48. The first kappa shape index (κ1) is 26.2. The molecule has 4 rings (SSSR count). The van der Waals surface area contributed by atoms with Crippen LogP contribution in [0.15, 0.2) is 45.7 Å². The lowest BCUT2D eigenvalue weighted by Crippen LogP contribution is -2.45. The van der Waals surface area contributed by atoms with E-state index in [2.05, 4.69) is 10.2 Å². The standard InChI is InChI=1S/C22H22ClFN4O6S2/c1-22(2,35(3,30)31)21-27-26-19(34-21)14-8-17-18(9-15(14)24)36(32,33)11-16(25)20(29)28(17)10-12-4-6-13(23)7-5-12/h4-9,16H,10-11,25H2,1-3H3/t16-/m0/s1. The predicted octanol–water partition coefficient (Wildman–Crippen LogP) is 2.46. The smallest absolute Gasteiger partial charge is 0.250 e. The van der Waals surface area contributed by atoms with Crippen molar-refractivity contribution in [2.24, 2.45) is 5.73 Å². The molecule has 2 N–H and O–H groups in total. The number of halogens is 2. The number of anilines is 1. The van der Waals surface area contributed by atoms with E-state index in [0.717, 1.165) is 23.3 Å². The zero-order valence-corrected chi connectivity index (χ0v) is 21.8. The van der Waals surface area contributed by atoms with Gasteiger partial charge < -0.3 is 15.1 Å². The number of nitrogens with two attached hydrogens (primary N) is 1. The van der Waals surface area contributed by atoms with Gasteiger partial charge in [0.2, 0.25) is 11.8 Å². The summed E-state index contributed by atoms with van der Waals surface area (Å²) in [5.41, 5.74) is 6.08. The second-order valence-electron chi connectivity index (χ2n) is 8.93. The van der Waals surface area contributed by atoms with Crippen LogP contribution in [0.2, 0.25) is 5.02 Å². The van der Waals surface area contributed by atoms with E-state index in [1.807, 2.05) is 0 Å². The van der Waals surface area contributed by atoms with Crippen LogP contribution in [-0.4, -0.2) is 51.0 Å². The second-order valence-corrected chi connectivity index (χ2v) is 13.9. The van der Waals surface area contributed by atoms with Gasteiger partial charge in [-0.1, -0.05) is 23.7 Å². The third-order valence-electron chi connectivity index (χ3n) is 6.01. The molecule has 1 aliphatic heterocycles. The highest BCUT2D eigenvalue weighted by molar-refractivity contribution is 7.92. The Balaban J connectivity index is 1.89. The van der Waals surface area contributed by atoms with Gasteiger partial charge in [-0.2, -0.15) is 0 Å². The van der Waals surface area contributed by atoms with Gasteiger partial charge in [0.25, 0.3) is 5.89 Å². The number of hydrogen-bond donors (Lipinski definition) is 1. The number of carbonyl (C=O) groups excluding carboxylic acids is 1.